The number of amides is 1. The number of nitrogens with one attached hydrogen (secondary N) is 2. The van der Waals surface area contributed by atoms with Gasteiger partial charge in [0.2, 0.25) is 0 Å². The van der Waals surface area contributed by atoms with Gasteiger partial charge in [0, 0.05) is 36.8 Å². The zero-order valence-electron chi connectivity index (χ0n) is 15.9. The van der Waals surface area contributed by atoms with Crippen molar-refractivity contribution in [2.45, 2.75) is 50.9 Å². The first kappa shape index (κ1) is 19.0. The second-order valence-corrected chi connectivity index (χ2v) is 7.53. The third-order valence-corrected chi connectivity index (χ3v) is 5.59. The van der Waals surface area contributed by atoms with Gasteiger partial charge in [0.1, 0.15) is 11.6 Å². The molecular weight excluding hydrogens is 368 g/mol. The molecule has 1 aromatic heterocycles. The van der Waals surface area contributed by atoms with Gasteiger partial charge >= 0.3 is 0 Å². The highest BCUT2D eigenvalue weighted by Crippen LogP contribution is 2.35. The lowest BCUT2D eigenvalue weighted by Crippen LogP contribution is -2.50. The average molecular weight is 391 g/mol. The molecular formula is C20H23F2N3O3. The van der Waals surface area contributed by atoms with Crippen molar-refractivity contribution in [3.05, 3.63) is 52.3 Å². The number of carbonyl (C=O) groups excluding carboxylic acids is 1. The number of nitrogens with zero attached hydrogens (tertiary/aromatic N) is 1. The van der Waals surface area contributed by atoms with Crippen LogP contribution in [0.3, 0.4) is 0 Å². The predicted molar refractivity (Wildman–Crippen MR) is 96.8 cm³/mol. The van der Waals surface area contributed by atoms with Gasteiger partial charge in [-0.15, -0.1) is 0 Å². The van der Waals surface area contributed by atoms with Gasteiger partial charge in [0.25, 0.3) is 5.91 Å². The average Bonchev–Trinajstić information content (AvgIpc) is 3.06. The van der Waals surface area contributed by atoms with E-state index in [1.165, 1.54) is 12.1 Å². The number of fused-ring (bicyclic) bond motifs is 1. The van der Waals surface area contributed by atoms with Crippen LogP contribution in [-0.2, 0) is 21.4 Å². The van der Waals surface area contributed by atoms with Crippen molar-refractivity contribution in [2.24, 2.45) is 0 Å². The highest BCUT2D eigenvalue weighted by Gasteiger charge is 2.40. The van der Waals surface area contributed by atoms with Gasteiger partial charge in [-0.3, -0.25) is 9.89 Å². The van der Waals surface area contributed by atoms with Gasteiger partial charge < -0.3 is 14.8 Å². The Bertz CT molecular complexity index is 893. The molecule has 0 radical (unpaired) electrons. The number of rotatable bonds is 3. The van der Waals surface area contributed by atoms with E-state index < -0.39 is 17.2 Å². The van der Waals surface area contributed by atoms with Crippen molar-refractivity contribution >= 4 is 5.91 Å². The number of hydrogen-bond donors (Lipinski definition) is 2. The van der Waals surface area contributed by atoms with E-state index in [0.717, 1.165) is 17.3 Å². The molecule has 3 heterocycles. The van der Waals surface area contributed by atoms with E-state index >= 15 is 0 Å². The third kappa shape index (κ3) is 3.31. The maximum absolute atomic E-state index is 14.6. The molecule has 1 fully saturated rings. The maximum atomic E-state index is 14.6. The van der Waals surface area contributed by atoms with Crippen molar-refractivity contribution in [3.8, 4) is 0 Å². The molecule has 1 saturated heterocycles. The standard InChI is InChI=1S/C20H23F2N3O3/c1-11-9-14-17(12(2)28-11)24-25-18(14)19(26)23-20(5-7-27-8-6-20)15-4-3-13(21)10-16(15)22/h3-4,10-12H,5-9H2,1-2H3,(H,23,26)(H,24,25)/t11-,12+/m1/s1. The van der Waals surface area contributed by atoms with Gasteiger partial charge in [-0.05, 0) is 32.8 Å². The van der Waals surface area contributed by atoms with Crippen LogP contribution >= 0.6 is 0 Å². The van der Waals surface area contributed by atoms with E-state index in [4.69, 9.17) is 9.47 Å². The zero-order chi connectivity index (χ0) is 19.9. The van der Waals surface area contributed by atoms with Crippen LogP contribution in [0.4, 0.5) is 8.78 Å². The maximum Gasteiger partial charge on any atom is 0.272 e. The van der Waals surface area contributed by atoms with Crippen LogP contribution in [0.2, 0.25) is 0 Å². The van der Waals surface area contributed by atoms with E-state index in [9.17, 15) is 13.6 Å². The van der Waals surface area contributed by atoms with E-state index in [2.05, 4.69) is 15.5 Å². The minimum Gasteiger partial charge on any atom is -0.381 e. The molecule has 1 aromatic carbocycles. The molecule has 1 amide bonds. The van der Waals surface area contributed by atoms with Crippen molar-refractivity contribution < 1.29 is 23.0 Å². The number of H-pyrrole nitrogens is 1. The van der Waals surface area contributed by atoms with Crippen LogP contribution in [0.1, 0.15) is 60.1 Å². The molecule has 150 valence electrons. The van der Waals surface area contributed by atoms with E-state index in [0.29, 0.717) is 38.2 Å². The van der Waals surface area contributed by atoms with Gasteiger partial charge in [-0.2, -0.15) is 5.10 Å². The van der Waals surface area contributed by atoms with E-state index in [-0.39, 0.29) is 23.7 Å². The monoisotopic (exact) mass is 391 g/mol. The highest BCUT2D eigenvalue weighted by atomic mass is 19.1. The fourth-order valence-corrected chi connectivity index (χ4v) is 4.20. The lowest BCUT2D eigenvalue weighted by molar-refractivity contribution is -0.00700. The molecule has 0 unspecified atom stereocenters. The van der Waals surface area contributed by atoms with Crippen LogP contribution in [0.15, 0.2) is 18.2 Å². The Hall–Kier alpha value is -2.32. The molecule has 0 aliphatic carbocycles. The summed E-state index contributed by atoms with van der Waals surface area (Å²) in [5.41, 5.74) is 1.20. The first-order valence-electron chi connectivity index (χ1n) is 9.48. The van der Waals surface area contributed by atoms with Crippen LogP contribution in [-0.4, -0.2) is 35.4 Å². The first-order chi connectivity index (χ1) is 13.4. The highest BCUT2D eigenvalue weighted by molar-refractivity contribution is 5.94. The Kier molecular flexibility index (Phi) is 4.93. The SMILES string of the molecule is C[C@@H]1Cc2c(C(=O)NC3(c4ccc(F)cc4F)CCOCC3)n[nH]c2[C@H](C)O1. The van der Waals surface area contributed by atoms with Crippen LogP contribution in [0, 0.1) is 11.6 Å². The number of aromatic amines is 1. The number of benzene rings is 1. The number of carbonyl (C=O) groups is 1. The Morgan fingerprint density at radius 2 is 2.04 bits per heavy atom. The summed E-state index contributed by atoms with van der Waals surface area (Å²) in [6, 6.07) is 3.45. The zero-order valence-corrected chi connectivity index (χ0v) is 15.9. The molecule has 2 N–H and O–H groups in total. The number of ether oxygens (including phenoxy) is 2. The van der Waals surface area contributed by atoms with Gasteiger partial charge in [-0.25, -0.2) is 8.78 Å². The van der Waals surface area contributed by atoms with Crippen LogP contribution in [0.5, 0.6) is 0 Å². The molecule has 8 heteroatoms. The quantitative estimate of drug-likeness (QED) is 0.843. The lowest BCUT2D eigenvalue weighted by Gasteiger charge is -2.38. The largest absolute Gasteiger partial charge is 0.381 e. The lowest BCUT2D eigenvalue weighted by atomic mass is 9.82. The number of halogens is 2. The molecule has 6 nitrogen and oxygen atoms in total. The molecule has 0 bridgehead atoms. The summed E-state index contributed by atoms with van der Waals surface area (Å²) in [7, 11) is 0. The summed E-state index contributed by atoms with van der Waals surface area (Å²) in [6.45, 7) is 4.60. The number of aromatic nitrogens is 2. The molecule has 2 aliphatic rings. The van der Waals surface area contributed by atoms with Crippen LogP contribution < -0.4 is 5.32 Å². The van der Waals surface area contributed by atoms with Gasteiger partial charge in [0.05, 0.1) is 23.4 Å². The Morgan fingerprint density at radius 1 is 1.29 bits per heavy atom. The van der Waals surface area contributed by atoms with Gasteiger partial charge in [-0.1, -0.05) is 6.07 Å². The summed E-state index contributed by atoms with van der Waals surface area (Å²) in [6.07, 6.45) is 1.14. The number of hydrogen-bond acceptors (Lipinski definition) is 4. The van der Waals surface area contributed by atoms with Crippen molar-refractivity contribution in [2.75, 3.05) is 13.2 Å². The fourth-order valence-electron chi connectivity index (χ4n) is 4.20. The molecule has 2 aromatic rings. The first-order valence-corrected chi connectivity index (χ1v) is 9.48. The summed E-state index contributed by atoms with van der Waals surface area (Å²) >= 11 is 0. The Balaban J connectivity index is 1.68. The summed E-state index contributed by atoms with van der Waals surface area (Å²) in [5, 5.41) is 10.1. The van der Waals surface area contributed by atoms with Crippen LogP contribution in [0.25, 0.3) is 0 Å². The van der Waals surface area contributed by atoms with Gasteiger partial charge in [0.15, 0.2) is 5.69 Å². The topological polar surface area (TPSA) is 76.2 Å². The molecule has 0 spiro atoms. The Morgan fingerprint density at radius 3 is 2.75 bits per heavy atom. The smallest absolute Gasteiger partial charge is 0.272 e. The second-order valence-electron chi connectivity index (χ2n) is 7.53. The minimum absolute atomic E-state index is 0.0294. The van der Waals surface area contributed by atoms with Crippen molar-refractivity contribution in [3.63, 3.8) is 0 Å². The predicted octanol–water partition coefficient (Wildman–Crippen LogP) is 3.15. The minimum atomic E-state index is -0.971. The molecule has 28 heavy (non-hydrogen) atoms. The summed E-state index contributed by atoms with van der Waals surface area (Å²) < 4.78 is 39.2. The fraction of sp³-hybridized carbons (Fsp3) is 0.500. The third-order valence-electron chi connectivity index (χ3n) is 5.59. The van der Waals surface area contributed by atoms with Crippen molar-refractivity contribution in [1.29, 1.82) is 0 Å². The summed E-state index contributed by atoms with van der Waals surface area (Å²) in [5.74, 6) is -1.72. The van der Waals surface area contributed by atoms with Crippen molar-refractivity contribution in [1.82, 2.24) is 15.5 Å². The van der Waals surface area contributed by atoms with E-state index in [1.54, 1.807) is 0 Å². The normalized spacial score (nSPS) is 23.9. The molecule has 2 aliphatic heterocycles. The second kappa shape index (κ2) is 7.25. The van der Waals surface area contributed by atoms with E-state index in [1.807, 2.05) is 13.8 Å². The molecule has 2 atom stereocenters. The summed E-state index contributed by atoms with van der Waals surface area (Å²) in [4.78, 5) is 13.1. The Labute approximate surface area is 161 Å². The molecule has 4 rings (SSSR count). The molecule has 0 saturated carbocycles.